The summed E-state index contributed by atoms with van der Waals surface area (Å²) in [5.41, 5.74) is 0. The number of nitrogens with zero attached hydrogens (tertiary/aromatic N) is 2. The zero-order chi connectivity index (χ0) is 14.2. The molecule has 0 aliphatic carbocycles. The Hall–Kier alpha value is -1.26. The van der Waals surface area contributed by atoms with Gasteiger partial charge in [0, 0.05) is 19.1 Å². The number of piperidine rings is 1. The van der Waals surface area contributed by atoms with Crippen molar-refractivity contribution in [2.24, 2.45) is 11.8 Å². The van der Waals surface area contributed by atoms with Gasteiger partial charge in [-0.15, -0.1) is 0 Å². The van der Waals surface area contributed by atoms with Crippen molar-refractivity contribution in [1.82, 2.24) is 9.80 Å². The van der Waals surface area contributed by atoms with Crippen molar-refractivity contribution in [2.75, 3.05) is 13.1 Å². The Labute approximate surface area is 114 Å². The lowest BCUT2D eigenvalue weighted by Gasteiger charge is -2.39. The van der Waals surface area contributed by atoms with E-state index < -0.39 is 12.0 Å². The summed E-state index contributed by atoms with van der Waals surface area (Å²) in [6.07, 6.45) is 2.80. The first-order chi connectivity index (χ1) is 8.91. The minimum Gasteiger partial charge on any atom is -0.480 e. The van der Waals surface area contributed by atoms with E-state index in [1.165, 1.54) is 0 Å². The maximum absolute atomic E-state index is 12.6. The van der Waals surface area contributed by atoms with E-state index in [0.717, 1.165) is 25.8 Å². The van der Waals surface area contributed by atoms with Gasteiger partial charge in [0.1, 0.15) is 6.04 Å². The van der Waals surface area contributed by atoms with E-state index in [2.05, 4.69) is 13.8 Å². The highest BCUT2D eigenvalue weighted by Crippen LogP contribution is 2.29. The molecule has 0 aromatic heterocycles. The van der Waals surface area contributed by atoms with E-state index in [9.17, 15) is 14.7 Å². The standard InChI is InChI=1S/C14H24N2O3/c1-9-4-6-15(11(3)8-9)14(19)16-7-5-10(2)12(16)13(17)18/h9-12H,4-8H2,1-3H3,(H,17,18). The first kappa shape index (κ1) is 14.2. The van der Waals surface area contributed by atoms with Crippen LogP contribution in [0.5, 0.6) is 0 Å². The molecule has 2 saturated heterocycles. The third-order valence-corrected chi connectivity index (χ3v) is 4.58. The van der Waals surface area contributed by atoms with Gasteiger partial charge in [-0.05, 0) is 38.0 Å². The maximum atomic E-state index is 12.6. The van der Waals surface area contributed by atoms with E-state index in [1.807, 2.05) is 11.8 Å². The summed E-state index contributed by atoms with van der Waals surface area (Å²) in [7, 11) is 0. The van der Waals surface area contributed by atoms with Gasteiger partial charge < -0.3 is 14.9 Å². The van der Waals surface area contributed by atoms with Crippen molar-refractivity contribution >= 4 is 12.0 Å². The van der Waals surface area contributed by atoms with Crippen molar-refractivity contribution in [3.63, 3.8) is 0 Å². The first-order valence-electron chi connectivity index (χ1n) is 7.21. The van der Waals surface area contributed by atoms with Crippen LogP contribution in [0.15, 0.2) is 0 Å². The van der Waals surface area contributed by atoms with Crippen molar-refractivity contribution in [1.29, 1.82) is 0 Å². The van der Waals surface area contributed by atoms with E-state index in [4.69, 9.17) is 0 Å². The van der Waals surface area contributed by atoms with Gasteiger partial charge in [-0.1, -0.05) is 13.8 Å². The minimum atomic E-state index is -0.878. The molecular formula is C14H24N2O3. The molecule has 2 rings (SSSR count). The summed E-state index contributed by atoms with van der Waals surface area (Å²) < 4.78 is 0. The number of aliphatic carboxylic acids is 1. The topological polar surface area (TPSA) is 60.9 Å². The molecule has 0 radical (unpaired) electrons. The molecule has 2 heterocycles. The number of carbonyl (C=O) groups is 2. The molecule has 19 heavy (non-hydrogen) atoms. The van der Waals surface area contributed by atoms with Gasteiger partial charge in [-0.25, -0.2) is 9.59 Å². The van der Waals surface area contributed by atoms with Crippen molar-refractivity contribution in [2.45, 2.75) is 52.1 Å². The number of urea groups is 1. The lowest BCUT2D eigenvalue weighted by atomic mass is 9.93. The maximum Gasteiger partial charge on any atom is 0.326 e. The number of amides is 2. The molecule has 0 bridgehead atoms. The van der Waals surface area contributed by atoms with Gasteiger partial charge in [0.15, 0.2) is 0 Å². The van der Waals surface area contributed by atoms with Crippen LogP contribution in [-0.2, 0) is 4.79 Å². The first-order valence-corrected chi connectivity index (χ1v) is 7.21. The lowest BCUT2D eigenvalue weighted by molar-refractivity contribution is -0.142. The molecule has 4 unspecified atom stereocenters. The summed E-state index contributed by atoms with van der Waals surface area (Å²) in [6.45, 7) is 7.49. The molecule has 2 amide bonds. The van der Waals surface area contributed by atoms with Gasteiger partial charge in [-0.2, -0.15) is 0 Å². The van der Waals surface area contributed by atoms with Crippen LogP contribution in [0.4, 0.5) is 4.79 Å². The number of carbonyl (C=O) groups excluding carboxylic acids is 1. The molecule has 108 valence electrons. The highest BCUT2D eigenvalue weighted by Gasteiger charge is 2.42. The van der Waals surface area contributed by atoms with Gasteiger partial charge in [0.05, 0.1) is 0 Å². The largest absolute Gasteiger partial charge is 0.480 e. The second-order valence-electron chi connectivity index (χ2n) is 6.20. The van der Waals surface area contributed by atoms with Crippen LogP contribution in [0, 0.1) is 11.8 Å². The normalized spacial score (nSPS) is 35.5. The van der Waals surface area contributed by atoms with Crippen LogP contribution >= 0.6 is 0 Å². The molecule has 5 nitrogen and oxygen atoms in total. The molecule has 2 fully saturated rings. The summed E-state index contributed by atoms with van der Waals surface area (Å²) in [5.74, 6) is -0.191. The van der Waals surface area contributed by atoms with Crippen LogP contribution < -0.4 is 0 Å². The second kappa shape index (κ2) is 5.39. The number of hydrogen-bond acceptors (Lipinski definition) is 2. The molecule has 2 aliphatic rings. The van der Waals surface area contributed by atoms with Crippen molar-refractivity contribution in [3.8, 4) is 0 Å². The molecule has 5 heteroatoms. The summed E-state index contributed by atoms with van der Waals surface area (Å²) >= 11 is 0. The van der Waals surface area contributed by atoms with Gasteiger partial charge in [-0.3, -0.25) is 0 Å². The Balaban J connectivity index is 2.09. The molecule has 0 aromatic carbocycles. The highest BCUT2D eigenvalue weighted by atomic mass is 16.4. The predicted molar refractivity (Wildman–Crippen MR) is 71.9 cm³/mol. The van der Waals surface area contributed by atoms with E-state index >= 15 is 0 Å². The van der Waals surface area contributed by atoms with Gasteiger partial charge >= 0.3 is 12.0 Å². The second-order valence-corrected chi connectivity index (χ2v) is 6.20. The van der Waals surface area contributed by atoms with Crippen LogP contribution in [0.25, 0.3) is 0 Å². The monoisotopic (exact) mass is 268 g/mol. The van der Waals surface area contributed by atoms with Crippen LogP contribution in [0.2, 0.25) is 0 Å². The number of carboxylic acids is 1. The average molecular weight is 268 g/mol. The fourth-order valence-electron chi connectivity index (χ4n) is 3.39. The Morgan fingerprint density at radius 2 is 1.68 bits per heavy atom. The molecular weight excluding hydrogens is 244 g/mol. The molecule has 4 atom stereocenters. The van der Waals surface area contributed by atoms with Gasteiger partial charge in [0.25, 0.3) is 0 Å². The third kappa shape index (κ3) is 2.69. The number of likely N-dealkylation sites (tertiary alicyclic amines) is 2. The number of rotatable bonds is 1. The molecule has 1 N–H and O–H groups in total. The number of carboxylic acid groups (broad SMARTS) is 1. The smallest absolute Gasteiger partial charge is 0.326 e. The number of hydrogen-bond donors (Lipinski definition) is 1. The van der Waals surface area contributed by atoms with E-state index in [-0.39, 0.29) is 18.0 Å². The van der Waals surface area contributed by atoms with Crippen LogP contribution in [-0.4, -0.2) is 52.1 Å². The predicted octanol–water partition coefficient (Wildman–Crippen LogP) is 2.02. The van der Waals surface area contributed by atoms with Crippen LogP contribution in [0.3, 0.4) is 0 Å². The minimum absolute atomic E-state index is 0.0421. The Morgan fingerprint density at radius 3 is 2.26 bits per heavy atom. The lowest BCUT2D eigenvalue weighted by Crippen LogP contribution is -2.53. The fraction of sp³-hybridized carbons (Fsp3) is 0.857. The summed E-state index contributed by atoms with van der Waals surface area (Å²) in [6, 6.07) is -0.531. The van der Waals surface area contributed by atoms with E-state index in [1.54, 1.807) is 4.90 Å². The molecule has 0 spiro atoms. The highest BCUT2D eigenvalue weighted by molar-refractivity contribution is 5.83. The quantitative estimate of drug-likeness (QED) is 0.791. The van der Waals surface area contributed by atoms with Crippen LogP contribution in [0.1, 0.15) is 40.0 Å². The van der Waals surface area contributed by atoms with Crippen molar-refractivity contribution < 1.29 is 14.7 Å². The fourth-order valence-corrected chi connectivity index (χ4v) is 3.39. The zero-order valence-electron chi connectivity index (χ0n) is 12.0. The zero-order valence-corrected chi connectivity index (χ0v) is 12.0. The van der Waals surface area contributed by atoms with Gasteiger partial charge in [0.2, 0.25) is 0 Å². The Kier molecular flexibility index (Phi) is 4.02. The average Bonchev–Trinajstić information content (AvgIpc) is 2.70. The Morgan fingerprint density at radius 1 is 1.05 bits per heavy atom. The molecule has 0 aromatic rings. The molecule has 0 saturated carbocycles. The van der Waals surface area contributed by atoms with Crippen molar-refractivity contribution in [3.05, 3.63) is 0 Å². The summed E-state index contributed by atoms with van der Waals surface area (Å²) in [4.78, 5) is 27.3. The Bertz CT molecular complexity index is 372. The molecule has 2 aliphatic heterocycles. The third-order valence-electron chi connectivity index (χ3n) is 4.58. The SMILES string of the molecule is CC1CCN(C(=O)N2CCC(C)C2C(=O)O)C(C)C1. The van der Waals surface area contributed by atoms with E-state index in [0.29, 0.717) is 12.5 Å². The summed E-state index contributed by atoms with van der Waals surface area (Å²) in [5, 5.41) is 9.30.